The summed E-state index contributed by atoms with van der Waals surface area (Å²) >= 11 is 0. The van der Waals surface area contributed by atoms with Gasteiger partial charge in [-0.15, -0.1) is 0 Å². The average Bonchev–Trinajstić information content (AvgIpc) is 2.40. The molecule has 0 aliphatic carbocycles. The Morgan fingerprint density at radius 3 is 2.72 bits per heavy atom. The minimum Gasteiger partial charge on any atom is -0.469 e. The zero-order chi connectivity index (χ0) is 13.4. The van der Waals surface area contributed by atoms with Crippen molar-refractivity contribution in [2.45, 2.75) is 45.1 Å². The summed E-state index contributed by atoms with van der Waals surface area (Å²) in [4.78, 5) is 24.8. The molecule has 5 nitrogen and oxygen atoms in total. The van der Waals surface area contributed by atoms with E-state index >= 15 is 0 Å². The average molecular weight is 257 g/mol. The van der Waals surface area contributed by atoms with Crippen LogP contribution in [0.25, 0.3) is 0 Å². The SMILES string of the molecule is CCN(CCC(=O)OC)C(=O)CC1CCCCO1. The highest BCUT2D eigenvalue weighted by Crippen LogP contribution is 2.16. The molecule has 18 heavy (non-hydrogen) atoms. The molecule has 1 saturated heterocycles. The first-order chi connectivity index (χ1) is 8.67. The van der Waals surface area contributed by atoms with E-state index in [1.807, 2.05) is 6.92 Å². The summed E-state index contributed by atoms with van der Waals surface area (Å²) in [5.74, 6) is -0.219. The molecule has 1 unspecified atom stereocenters. The van der Waals surface area contributed by atoms with Gasteiger partial charge in [-0.3, -0.25) is 9.59 Å². The third-order valence-corrected chi connectivity index (χ3v) is 3.22. The van der Waals surface area contributed by atoms with Crippen LogP contribution in [0.15, 0.2) is 0 Å². The maximum atomic E-state index is 12.0. The van der Waals surface area contributed by atoms with Gasteiger partial charge in [0.05, 0.1) is 26.1 Å². The summed E-state index contributed by atoms with van der Waals surface area (Å²) in [5, 5.41) is 0. The zero-order valence-electron chi connectivity index (χ0n) is 11.3. The molecule has 0 spiro atoms. The first-order valence-electron chi connectivity index (χ1n) is 6.63. The first-order valence-corrected chi connectivity index (χ1v) is 6.63. The lowest BCUT2D eigenvalue weighted by atomic mass is 10.1. The maximum Gasteiger partial charge on any atom is 0.307 e. The zero-order valence-corrected chi connectivity index (χ0v) is 11.3. The maximum absolute atomic E-state index is 12.0. The quantitative estimate of drug-likeness (QED) is 0.674. The minimum absolute atomic E-state index is 0.0541. The molecule has 0 bridgehead atoms. The molecule has 0 aromatic rings. The van der Waals surface area contributed by atoms with Crippen LogP contribution in [0.2, 0.25) is 0 Å². The summed E-state index contributed by atoms with van der Waals surface area (Å²) in [5.41, 5.74) is 0. The fourth-order valence-corrected chi connectivity index (χ4v) is 2.08. The molecule has 0 aromatic carbocycles. The lowest BCUT2D eigenvalue weighted by molar-refractivity contribution is -0.142. The van der Waals surface area contributed by atoms with E-state index in [0.29, 0.717) is 19.5 Å². The van der Waals surface area contributed by atoms with E-state index in [2.05, 4.69) is 4.74 Å². The lowest BCUT2D eigenvalue weighted by Crippen LogP contribution is -2.36. The number of amides is 1. The van der Waals surface area contributed by atoms with Gasteiger partial charge in [0.15, 0.2) is 0 Å². The molecule has 1 aliphatic rings. The largest absolute Gasteiger partial charge is 0.469 e. The number of rotatable bonds is 6. The van der Waals surface area contributed by atoms with Crippen LogP contribution in [0.1, 0.15) is 39.0 Å². The molecular weight excluding hydrogens is 234 g/mol. The van der Waals surface area contributed by atoms with E-state index in [1.165, 1.54) is 7.11 Å². The van der Waals surface area contributed by atoms with Gasteiger partial charge in [0.2, 0.25) is 5.91 Å². The van der Waals surface area contributed by atoms with Gasteiger partial charge >= 0.3 is 5.97 Å². The van der Waals surface area contributed by atoms with Crippen LogP contribution < -0.4 is 0 Å². The molecule has 5 heteroatoms. The van der Waals surface area contributed by atoms with E-state index in [-0.39, 0.29) is 24.4 Å². The highest BCUT2D eigenvalue weighted by atomic mass is 16.5. The Labute approximate surface area is 108 Å². The molecule has 1 atom stereocenters. The van der Waals surface area contributed by atoms with E-state index in [4.69, 9.17) is 4.74 Å². The van der Waals surface area contributed by atoms with E-state index in [1.54, 1.807) is 4.90 Å². The molecule has 0 radical (unpaired) electrons. The summed E-state index contributed by atoms with van der Waals surface area (Å²) < 4.78 is 10.1. The molecule has 104 valence electrons. The highest BCUT2D eigenvalue weighted by Gasteiger charge is 2.21. The molecule has 1 aliphatic heterocycles. The van der Waals surface area contributed by atoms with Gasteiger partial charge in [-0.25, -0.2) is 0 Å². The fraction of sp³-hybridized carbons (Fsp3) is 0.846. The van der Waals surface area contributed by atoms with E-state index in [0.717, 1.165) is 25.9 Å². The van der Waals surface area contributed by atoms with Gasteiger partial charge in [-0.2, -0.15) is 0 Å². The molecule has 1 amide bonds. The lowest BCUT2D eigenvalue weighted by Gasteiger charge is -2.26. The number of carbonyl (C=O) groups is 2. The number of methoxy groups -OCH3 is 1. The second-order valence-corrected chi connectivity index (χ2v) is 4.49. The van der Waals surface area contributed by atoms with Crippen LogP contribution in [0, 0.1) is 0 Å². The predicted molar refractivity (Wildman–Crippen MR) is 67.1 cm³/mol. The Morgan fingerprint density at radius 1 is 1.39 bits per heavy atom. The van der Waals surface area contributed by atoms with Crippen molar-refractivity contribution in [3.05, 3.63) is 0 Å². The van der Waals surface area contributed by atoms with Gasteiger partial charge in [0, 0.05) is 19.7 Å². The first kappa shape index (κ1) is 15.0. The van der Waals surface area contributed by atoms with Crippen LogP contribution in [-0.4, -0.2) is 49.7 Å². The van der Waals surface area contributed by atoms with Gasteiger partial charge in [-0.1, -0.05) is 0 Å². The third-order valence-electron chi connectivity index (χ3n) is 3.22. The molecule has 1 rings (SSSR count). The van der Waals surface area contributed by atoms with Gasteiger partial charge in [0.25, 0.3) is 0 Å². The van der Waals surface area contributed by atoms with Crippen molar-refractivity contribution in [2.24, 2.45) is 0 Å². The van der Waals surface area contributed by atoms with Gasteiger partial charge in [-0.05, 0) is 26.2 Å². The topological polar surface area (TPSA) is 55.8 Å². The van der Waals surface area contributed by atoms with Crippen LogP contribution in [-0.2, 0) is 19.1 Å². The molecule has 0 N–H and O–H groups in total. The van der Waals surface area contributed by atoms with Gasteiger partial charge < -0.3 is 14.4 Å². The molecular formula is C13H23NO4. The van der Waals surface area contributed by atoms with Crippen LogP contribution in [0.5, 0.6) is 0 Å². The highest BCUT2D eigenvalue weighted by molar-refractivity contribution is 5.77. The van der Waals surface area contributed by atoms with Crippen molar-refractivity contribution in [3.8, 4) is 0 Å². The van der Waals surface area contributed by atoms with Crippen molar-refractivity contribution in [2.75, 3.05) is 26.8 Å². The van der Waals surface area contributed by atoms with Crippen molar-refractivity contribution in [3.63, 3.8) is 0 Å². The fourth-order valence-electron chi connectivity index (χ4n) is 2.08. The summed E-state index contributed by atoms with van der Waals surface area (Å²) in [7, 11) is 1.36. The number of ether oxygens (including phenoxy) is 2. The molecule has 1 heterocycles. The van der Waals surface area contributed by atoms with Crippen molar-refractivity contribution < 1.29 is 19.1 Å². The Bertz CT molecular complexity index is 274. The smallest absolute Gasteiger partial charge is 0.307 e. The number of esters is 1. The van der Waals surface area contributed by atoms with Crippen LogP contribution in [0.4, 0.5) is 0 Å². The predicted octanol–water partition coefficient (Wildman–Crippen LogP) is 1.36. The minimum atomic E-state index is -0.282. The molecule has 0 saturated carbocycles. The van der Waals surface area contributed by atoms with Crippen molar-refractivity contribution in [1.82, 2.24) is 4.90 Å². The third kappa shape index (κ3) is 5.04. The number of nitrogens with zero attached hydrogens (tertiary/aromatic N) is 1. The Hall–Kier alpha value is -1.10. The normalized spacial score (nSPS) is 19.3. The van der Waals surface area contributed by atoms with Crippen molar-refractivity contribution in [1.29, 1.82) is 0 Å². The van der Waals surface area contributed by atoms with E-state index in [9.17, 15) is 9.59 Å². The van der Waals surface area contributed by atoms with Crippen LogP contribution in [0.3, 0.4) is 0 Å². The monoisotopic (exact) mass is 257 g/mol. The van der Waals surface area contributed by atoms with Crippen molar-refractivity contribution >= 4 is 11.9 Å². The standard InChI is InChI=1S/C13H23NO4/c1-3-14(8-7-13(16)17-2)12(15)10-11-6-4-5-9-18-11/h11H,3-10H2,1-2H3. The Kier molecular flexibility index (Phi) is 6.72. The summed E-state index contributed by atoms with van der Waals surface area (Å²) in [6.45, 7) is 3.71. The molecule has 1 fully saturated rings. The Morgan fingerprint density at radius 2 is 2.17 bits per heavy atom. The van der Waals surface area contributed by atoms with Crippen LogP contribution >= 0.6 is 0 Å². The number of hydrogen-bond acceptors (Lipinski definition) is 4. The molecule has 0 aromatic heterocycles. The second kappa shape index (κ2) is 8.08. The second-order valence-electron chi connectivity index (χ2n) is 4.49. The number of hydrogen-bond donors (Lipinski definition) is 0. The summed E-state index contributed by atoms with van der Waals surface area (Å²) in [6, 6.07) is 0. The number of carbonyl (C=O) groups excluding carboxylic acids is 2. The summed E-state index contributed by atoms with van der Waals surface area (Å²) in [6.07, 6.45) is 3.91. The Balaban J connectivity index is 2.33. The van der Waals surface area contributed by atoms with Gasteiger partial charge in [0.1, 0.15) is 0 Å². The van der Waals surface area contributed by atoms with E-state index < -0.39 is 0 Å².